The lowest BCUT2D eigenvalue weighted by Crippen LogP contribution is -2.25. The highest BCUT2D eigenvalue weighted by molar-refractivity contribution is 5.99. The first-order chi connectivity index (χ1) is 15.5. The molecule has 0 saturated heterocycles. The SMILES string of the molecule is COc1ccc(-c2cc(C(F)F)n3ncc(C(=O)NCCCn4cc(C)cn4)c3n2)cc1. The zero-order chi connectivity index (χ0) is 22.7. The van der Waals surface area contributed by atoms with Crippen LogP contribution < -0.4 is 10.1 Å². The van der Waals surface area contributed by atoms with Crippen LogP contribution in [0.1, 0.15) is 34.5 Å². The maximum Gasteiger partial charge on any atom is 0.280 e. The molecule has 1 amide bonds. The fourth-order valence-corrected chi connectivity index (χ4v) is 3.34. The van der Waals surface area contributed by atoms with Crippen molar-refractivity contribution in [3.8, 4) is 17.0 Å². The summed E-state index contributed by atoms with van der Waals surface area (Å²) in [6.45, 7) is 3.00. The zero-order valence-corrected chi connectivity index (χ0v) is 17.6. The predicted octanol–water partition coefficient (Wildman–Crippen LogP) is 3.67. The number of rotatable bonds is 8. The number of halogens is 2. The molecule has 8 nitrogen and oxygen atoms in total. The van der Waals surface area contributed by atoms with Crippen LogP contribution in [0.2, 0.25) is 0 Å². The molecule has 32 heavy (non-hydrogen) atoms. The maximum atomic E-state index is 13.7. The first-order valence-corrected chi connectivity index (χ1v) is 10.0. The van der Waals surface area contributed by atoms with Crippen molar-refractivity contribution in [1.82, 2.24) is 29.7 Å². The van der Waals surface area contributed by atoms with Crippen LogP contribution in [0, 0.1) is 6.92 Å². The van der Waals surface area contributed by atoms with Crippen molar-refractivity contribution >= 4 is 11.6 Å². The van der Waals surface area contributed by atoms with Gasteiger partial charge in [0.2, 0.25) is 0 Å². The van der Waals surface area contributed by atoms with Crippen LogP contribution in [0.3, 0.4) is 0 Å². The molecule has 0 aliphatic rings. The minimum Gasteiger partial charge on any atom is -0.497 e. The number of ether oxygens (including phenoxy) is 1. The molecular weight excluding hydrogens is 418 g/mol. The Labute approximate surface area is 182 Å². The van der Waals surface area contributed by atoms with Gasteiger partial charge in [0.15, 0.2) is 5.65 Å². The largest absolute Gasteiger partial charge is 0.497 e. The van der Waals surface area contributed by atoms with E-state index in [0.717, 1.165) is 10.1 Å². The molecule has 0 aliphatic heterocycles. The number of carbonyl (C=O) groups is 1. The number of nitrogens with one attached hydrogen (secondary N) is 1. The number of carbonyl (C=O) groups excluding carboxylic acids is 1. The van der Waals surface area contributed by atoms with Crippen molar-refractivity contribution in [1.29, 1.82) is 0 Å². The number of hydrogen-bond donors (Lipinski definition) is 1. The van der Waals surface area contributed by atoms with E-state index < -0.39 is 12.3 Å². The number of hydrogen-bond acceptors (Lipinski definition) is 5. The number of amides is 1. The van der Waals surface area contributed by atoms with Gasteiger partial charge in [0, 0.05) is 24.8 Å². The molecule has 4 aromatic rings. The highest BCUT2D eigenvalue weighted by atomic mass is 19.3. The van der Waals surface area contributed by atoms with Crippen LogP contribution in [0.15, 0.2) is 48.9 Å². The average molecular weight is 440 g/mol. The van der Waals surface area contributed by atoms with Crippen LogP contribution in [0.4, 0.5) is 8.78 Å². The van der Waals surface area contributed by atoms with Crippen LogP contribution in [-0.2, 0) is 6.54 Å². The summed E-state index contributed by atoms with van der Waals surface area (Å²) in [6, 6.07) is 8.16. The van der Waals surface area contributed by atoms with E-state index >= 15 is 0 Å². The van der Waals surface area contributed by atoms with Crippen LogP contribution >= 0.6 is 0 Å². The lowest BCUT2D eigenvalue weighted by atomic mass is 10.1. The fraction of sp³-hybridized carbons (Fsp3) is 0.273. The van der Waals surface area contributed by atoms with Crippen molar-refractivity contribution < 1.29 is 18.3 Å². The molecule has 0 atom stereocenters. The summed E-state index contributed by atoms with van der Waals surface area (Å²) in [4.78, 5) is 17.2. The summed E-state index contributed by atoms with van der Waals surface area (Å²) in [5.41, 5.74) is 1.88. The van der Waals surface area contributed by atoms with Gasteiger partial charge in [-0.2, -0.15) is 10.2 Å². The van der Waals surface area contributed by atoms with Crippen molar-refractivity contribution in [3.63, 3.8) is 0 Å². The van der Waals surface area contributed by atoms with Gasteiger partial charge in [0.05, 0.1) is 25.2 Å². The monoisotopic (exact) mass is 440 g/mol. The molecule has 0 saturated carbocycles. The standard InChI is InChI=1S/C22H22F2N6O2/c1-14-11-26-29(13-14)9-3-8-25-22(31)17-12-27-30-19(20(23)24)10-18(28-21(17)30)15-4-6-16(32-2)7-5-15/h4-7,10-13,20H,3,8-9H2,1-2H3,(H,25,31). The molecule has 0 bridgehead atoms. The third-order valence-corrected chi connectivity index (χ3v) is 4.97. The van der Waals surface area contributed by atoms with Gasteiger partial charge in [-0.05, 0) is 49.2 Å². The van der Waals surface area contributed by atoms with E-state index in [-0.39, 0.29) is 16.9 Å². The third kappa shape index (κ3) is 4.43. The molecule has 3 aromatic heterocycles. The Hall–Kier alpha value is -3.82. The summed E-state index contributed by atoms with van der Waals surface area (Å²) in [5, 5.41) is 11.0. The van der Waals surface area contributed by atoms with Crippen molar-refractivity contribution in [2.24, 2.45) is 0 Å². The third-order valence-electron chi connectivity index (χ3n) is 4.97. The topological polar surface area (TPSA) is 86.3 Å². The highest BCUT2D eigenvalue weighted by Crippen LogP contribution is 2.27. The molecule has 3 heterocycles. The molecule has 10 heteroatoms. The smallest absolute Gasteiger partial charge is 0.280 e. The minimum atomic E-state index is -2.79. The number of fused-ring (bicyclic) bond motifs is 1. The summed E-state index contributed by atoms with van der Waals surface area (Å²) >= 11 is 0. The van der Waals surface area contributed by atoms with Gasteiger partial charge in [0.25, 0.3) is 12.3 Å². The Morgan fingerprint density at radius 3 is 2.62 bits per heavy atom. The van der Waals surface area contributed by atoms with Gasteiger partial charge in [-0.1, -0.05) is 0 Å². The van der Waals surface area contributed by atoms with Gasteiger partial charge >= 0.3 is 0 Å². The lowest BCUT2D eigenvalue weighted by Gasteiger charge is -2.09. The second-order valence-corrected chi connectivity index (χ2v) is 7.28. The quantitative estimate of drug-likeness (QED) is 0.423. The first-order valence-electron chi connectivity index (χ1n) is 10.0. The fourth-order valence-electron chi connectivity index (χ4n) is 3.34. The first kappa shape index (κ1) is 21.4. The number of aromatic nitrogens is 5. The molecule has 1 aromatic carbocycles. The zero-order valence-electron chi connectivity index (χ0n) is 17.6. The Morgan fingerprint density at radius 1 is 1.19 bits per heavy atom. The van der Waals surface area contributed by atoms with Crippen LogP contribution in [-0.4, -0.2) is 43.9 Å². The highest BCUT2D eigenvalue weighted by Gasteiger charge is 2.21. The van der Waals surface area contributed by atoms with Crippen molar-refractivity contribution in [2.75, 3.05) is 13.7 Å². The summed E-state index contributed by atoms with van der Waals surface area (Å²) in [5.74, 6) is 0.217. The molecule has 0 radical (unpaired) electrons. The van der Waals surface area contributed by atoms with E-state index in [4.69, 9.17) is 4.74 Å². The number of alkyl halides is 2. The molecule has 166 valence electrons. The molecule has 0 fully saturated rings. The second kappa shape index (κ2) is 9.13. The normalized spacial score (nSPS) is 11.3. The Bertz CT molecular complexity index is 1230. The lowest BCUT2D eigenvalue weighted by molar-refractivity contribution is 0.0953. The van der Waals surface area contributed by atoms with E-state index in [1.165, 1.54) is 12.3 Å². The number of benzene rings is 1. The van der Waals surface area contributed by atoms with Gasteiger partial charge in [0.1, 0.15) is 17.0 Å². The molecule has 1 N–H and O–H groups in total. The summed E-state index contributed by atoms with van der Waals surface area (Å²) < 4.78 is 35.4. The Balaban J connectivity index is 1.57. The Morgan fingerprint density at radius 2 is 1.97 bits per heavy atom. The van der Waals surface area contributed by atoms with Crippen LogP contribution in [0.5, 0.6) is 5.75 Å². The van der Waals surface area contributed by atoms with E-state index in [0.29, 0.717) is 36.5 Å². The van der Waals surface area contributed by atoms with Gasteiger partial charge in [-0.3, -0.25) is 9.48 Å². The van der Waals surface area contributed by atoms with E-state index in [1.54, 1.807) is 42.3 Å². The minimum absolute atomic E-state index is 0.0776. The molecule has 4 rings (SSSR count). The van der Waals surface area contributed by atoms with Crippen molar-refractivity contribution in [3.05, 3.63) is 65.7 Å². The molecular formula is C22H22F2N6O2. The van der Waals surface area contributed by atoms with Crippen molar-refractivity contribution in [2.45, 2.75) is 26.3 Å². The predicted molar refractivity (Wildman–Crippen MR) is 114 cm³/mol. The van der Waals surface area contributed by atoms with Gasteiger partial charge in [-0.15, -0.1) is 0 Å². The molecule has 0 unspecified atom stereocenters. The number of methoxy groups -OCH3 is 1. The molecule has 0 spiro atoms. The van der Waals surface area contributed by atoms with E-state index in [1.807, 2.05) is 13.1 Å². The summed E-state index contributed by atoms with van der Waals surface area (Å²) in [7, 11) is 1.54. The number of aryl methyl sites for hydroxylation is 2. The number of nitrogens with zero attached hydrogens (tertiary/aromatic N) is 5. The maximum absolute atomic E-state index is 13.7. The van der Waals surface area contributed by atoms with Gasteiger partial charge < -0.3 is 10.1 Å². The summed E-state index contributed by atoms with van der Waals surface area (Å²) in [6.07, 6.45) is 2.83. The second-order valence-electron chi connectivity index (χ2n) is 7.28. The Kier molecular flexibility index (Phi) is 6.11. The average Bonchev–Trinajstić information content (AvgIpc) is 3.41. The van der Waals surface area contributed by atoms with E-state index in [9.17, 15) is 13.6 Å². The van der Waals surface area contributed by atoms with Gasteiger partial charge in [-0.25, -0.2) is 18.3 Å². The van der Waals surface area contributed by atoms with Crippen LogP contribution in [0.25, 0.3) is 16.9 Å². The van der Waals surface area contributed by atoms with E-state index in [2.05, 4.69) is 20.5 Å². The molecule has 0 aliphatic carbocycles.